The van der Waals surface area contributed by atoms with Crippen LogP contribution in [0.1, 0.15) is 33.3 Å². The molecule has 0 saturated heterocycles. The van der Waals surface area contributed by atoms with Crippen LogP contribution in [-0.2, 0) is 6.42 Å². The van der Waals surface area contributed by atoms with Crippen LogP contribution in [0, 0.1) is 5.41 Å². The van der Waals surface area contributed by atoms with E-state index in [2.05, 4.69) is 48.4 Å². The van der Waals surface area contributed by atoms with Gasteiger partial charge in [0.05, 0.1) is 0 Å². The first kappa shape index (κ1) is 12.7. The Labute approximate surface area is 96.8 Å². The highest BCUT2D eigenvalue weighted by Gasteiger charge is 2.13. The number of anilines is 2. The smallest absolute Gasteiger partial charge is 0.148 e. The fourth-order valence-electron chi connectivity index (χ4n) is 1.37. The Balaban J connectivity index is 2.87. The first-order chi connectivity index (χ1) is 7.48. The van der Waals surface area contributed by atoms with Crippen LogP contribution in [0.5, 0.6) is 0 Å². The lowest BCUT2D eigenvalue weighted by Crippen LogP contribution is -2.21. The van der Waals surface area contributed by atoms with Crippen molar-refractivity contribution in [2.45, 2.75) is 34.1 Å². The van der Waals surface area contributed by atoms with Crippen molar-refractivity contribution in [2.24, 2.45) is 11.3 Å². The van der Waals surface area contributed by atoms with Crippen molar-refractivity contribution in [1.29, 1.82) is 0 Å². The van der Waals surface area contributed by atoms with Crippen LogP contribution in [0.4, 0.5) is 11.6 Å². The fourth-order valence-corrected chi connectivity index (χ4v) is 1.37. The van der Waals surface area contributed by atoms with E-state index < -0.39 is 0 Å². The molecule has 0 bridgehead atoms. The van der Waals surface area contributed by atoms with Gasteiger partial charge in [0, 0.05) is 12.1 Å². The Morgan fingerprint density at radius 3 is 2.38 bits per heavy atom. The van der Waals surface area contributed by atoms with Crippen LogP contribution in [0.3, 0.4) is 0 Å². The summed E-state index contributed by atoms with van der Waals surface area (Å²) in [6, 6.07) is 0. The van der Waals surface area contributed by atoms with Crippen LogP contribution in [0.15, 0.2) is 6.33 Å². The normalized spacial score (nSPS) is 11.3. The summed E-state index contributed by atoms with van der Waals surface area (Å²) in [6.07, 6.45) is 2.35. The van der Waals surface area contributed by atoms with Gasteiger partial charge in [-0.05, 0) is 11.8 Å². The summed E-state index contributed by atoms with van der Waals surface area (Å²) in [6.45, 7) is 9.45. The number of aromatic nitrogens is 2. The molecule has 0 saturated carbocycles. The van der Waals surface area contributed by atoms with E-state index in [0.29, 0.717) is 5.82 Å². The summed E-state index contributed by atoms with van der Waals surface area (Å²) in [5.74, 6) is 6.96. The molecule has 0 spiro atoms. The summed E-state index contributed by atoms with van der Waals surface area (Å²) in [5.41, 5.74) is 3.83. The highest BCUT2D eigenvalue weighted by Crippen LogP contribution is 2.21. The third kappa shape index (κ3) is 3.34. The molecule has 1 aromatic heterocycles. The molecule has 5 heteroatoms. The second-order valence-corrected chi connectivity index (χ2v) is 4.96. The molecule has 90 valence electrons. The minimum atomic E-state index is 0.215. The van der Waals surface area contributed by atoms with Gasteiger partial charge in [-0.25, -0.2) is 15.8 Å². The molecule has 0 fully saturated rings. The van der Waals surface area contributed by atoms with Crippen molar-refractivity contribution in [1.82, 2.24) is 9.97 Å². The largest absolute Gasteiger partial charge is 0.369 e. The lowest BCUT2D eigenvalue weighted by Gasteiger charge is -2.20. The standard InChI is InChI=1S/C11H21N5/c1-5-8-9(13-6-11(2,3)4)14-7-15-10(8)16-12/h7H,5-6,12H2,1-4H3,(H2,13,14,15,16). The van der Waals surface area contributed by atoms with E-state index >= 15 is 0 Å². The Hall–Kier alpha value is -1.36. The maximum absolute atomic E-state index is 5.41. The topological polar surface area (TPSA) is 75.9 Å². The summed E-state index contributed by atoms with van der Waals surface area (Å²) >= 11 is 0. The van der Waals surface area contributed by atoms with Crippen LogP contribution >= 0.6 is 0 Å². The molecular formula is C11H21N5. The molecule has 16 heavy (non-hydrogen) atoms. The maximum Gasteiger partial charge on any atom is 0.148 e. The number of nitrogens with zero attached hydrogens (tertiary/aromatic N) is 2. The first-order valence-electron chi connectivity index (χ1n) is 5.52. The molecular weight excluding hydrogens is 202 g/mol. The molecule has 0 unspecified atom stereocenters. The maximum atomic E-state index is 5.41. The Bertz CT molecular complexity index is 343. The predicted octanol–water partition coefficient (Wildman–Crippen LogP) is 1.78. The average molecular weight is 223 g/mol. The van der Waals surface area contributed by atoms with Crippen molar-refractivity contribution >= 4 is 11.6 Å². The van der Waals surface area contributed by atoms with Crippen molar-refractivity contribution in [3.63, 3.8) is 0 Å². The highest BCUT2D eigenvalue weighted by molar-refractivity contribution is 5.56. The fraction of sp³-hybridized carbons (Fsp3) is 0.636. The van der Waals surface area contributed by atoms with E-state index in [4.69, 9.17) is 5.84 Å². The van der Waals surface area contributed by atoms with Crippen molar-refractivity contribution in [2.75, 3.05) is 17.3 Å². The Morgan fingerprint density at radius 1 is 1.25 bits per heavy atom. The highest BCUT2D eigenvalue weighted by atomic mass is 15.3. The molecule has 0 radical (unpaired) electrons. The van der Waals surface area contributed by atoms with Crippen LogP contribution in [0.2, 0.25) is 0 Å². The van der Waals surface area contributed by atoms with Crippen LogP contribution in [0.25, 0.3) is 0 Å². The predicted molar refractivity (Wildman–Crippen MR) is 67.2 cm³/mol. The van der Waals surface area contributed by atoms with Crippen LogP contribution in [-0.4, -0.2) is 16.5 Å². The lowest BCUT2D eigenvalue weighted by atomic mass is 9.97. The SMILES string of the molecule is CCc1c(NN)ncnc1NCC(C)(C)C. The zero-order chi connectivity index (χ0) is 12.2. The van der Waals surface area contributed by atoms with Crippen LogP contribution < -0.4 is 16.6 Å². The molecule has 4 N–H and O–H groups in total. The number of rotatable bonds is 4. The van der Waals surface area contributed by atoms with Gasteiger partial charge < -0.3 is 10.7 Å². The minimum absolute atomic E-state index is 0.215. The number of nitrogens with one attached hydrogen (secondary N) is 2. The molecule has 1 heterocycles. The van der Waals surface area contributed by atoms with Gasteiger partial charge >= 0.3 is 0 Å². The molecule has 0 aliphatic carbocycles. The van der Waals surface area contributed by atoms with Gasteiger partial charge in [-0.2, -0.15) is 0 Å². The molecule has 0 aromatic carbocycles. The third-order valence-electron chi connectivity index (χ3n) is 2.22. The zero-order valence-electron chi connectivity index (χ0n) is 10.5. The minimum Gasteiger partial charge on any atom is -0.369 e. The number of hydrogen-bond donors (Lipinski definition) is 3. The van der Waals surface area contributed by atoms with Crippen molar-refractivity contribution in [3.8, 4) is 0 Å². The van der Waals surface area contributed by atoms with Gasteiger partial charge in [0.1, 0.15) is 18.0 Å². The zero-order valence-corrected chi connectivity index (χ0v) is 10.5. The second-order valence-electron chi connectivity index (χ2n) is 4.96. The van der Waals surface area contributed by atoms with Gasteiger partial charge in [-0.3, -0.25) is 0 Å². The summed E-state index contributed by atoms with van der Waals surface area (Å²) < 4.78 is 0. The van der Waals surface area contributed by atoms with E-state index in [1.807, 2.05) is 0 Å². The summed E-state index contributed by atoms with van der Waals surface area (Å²) in [4.78, 5) is 8.33. The molecule has 1 aromatic rings. The summed E-state index contributed by atoms with van der Waals surface area (Å²) in [5, 5.41) is 3.33. The summed E-state index contributed by atoms with van der Waals surface area (Å²) in [7, 11) is 0. The van der Waals surface area contributed by atoms with E-state index in [-0.39, 0.29) is 5.41 Å². The van der Waals surface area contributed by atoms with Gasteiger partial charge in [-0.1, -0.05) is 27.7 Å². The van der Waals surface area contributed by atoms with E-state index in [0.717, 1.165) is 24.3 Å². The first-order valence-corrected chi connectivity index (χ1v) is 5.52. The van der Waals surface area contributed by atoms with E-state index in [1.165, 1.54) is 6.33 Å². The monoisotopic (exact) mass is 223 g/mol. The second kappa shape index (κ2) is 5.12. The molecule has 1 rings (SSSR count). The number of nitrogens with two attached hydrogens (primary N) is 1. The molecule has 0 amide bonds. The Kier molecular flexibility index (Phi) is 4.06. The van der Waals surface area contributed by atoms with Gasteiger partial charge in [-0.15, -0.1) is 0 Å². The number of nitrogen functional groups attached to an aromatic ring is 1. The lowest BCUT2D eigenvalue weighted by molar-refractivity contribution is 0.442. The number of hydrogen-bond acceptors (Lipinski definition) is 5. The van der Waals surface area contributed by atoms with Gasteiger partial charge in [0.25, 0.3) is 0 Å². The molecule has 5 nitrogen and oxygen atoms in total. The van der Waals surface area contributed by atoms with Gasteiger partial charge in [0.15, 0.2) is 0 Å². The molecule has 0 atom stereocenters. The number of hydrazine groups is 1. The van der Waals surface area contributed by atoms with Crippen molar-refractivity contribution < 1.29 is 0 Å². The van der Waals surface area contributed by atoms with E-state index in [1.54, 1.807) is 0 Å². The molecule has 0 aliphatic rings. The average Bonchev–Trinajstić information content (AvgIpc) is 2.24. The molecule has 0 aliphatic heterocycles. The van der Waals surface area contributed by atoms with E-state index in [9.17, 15) is 0 Å². The third-order valence-corrected chi connectivity index (χ3v) is 2.22. The quantitative estimate of drug-likeness (QED) is 0.536. The Morgan fingerprint density at radius 2 is 1.88 bits per heavy atom. The van der Waals surface area contributed by atoms with Gasteiger partial charge in [0.2, 0.25) is 0 Å². The van der Waals surface area contributed by atoms with Crippen molar-refractivity contribution in [3.05, 3.63) is 11.9 Å².